The number of carboxylic acid groups (broad SMARTS) is 1. The number of hydrogen-bond donors (Lipinski definition) is 3. The van der Waals surface area contributed by atoms with E-state index in [0.29, 0.717) is 16.8 Å². The van der Waals surface area contributed by atoms with Crippen LogP contribution < -0.4 is 4.72 Å². The Labute approximate surface area is 121 Å². The number of aryl methyl sites for hydroxylation is 1. The molecule has 0 aliphatic carbocycles. The fraction of sp³-hybridized carbons (Fsp3) is 0.0769. The van der Waals surface area contributed by atoms with Crippen molar-refractivity contribution >= 4 is 27.8 Å². The van der Waals surface area contributed by atoms with Crippen molar-refractivity contribution in [3.05, 3.63) is 47.9 Å². The minimum atomic E-state index is -3.75. The SMILES string of the molecule is Cc1ccc(C=CC(=O)O)cc1NS(=O)(=O)c1cnc[nH]1. The van der Waals surface area contributed by atoms with Crippen molar-refractivity contribution in [1.82, 2.24) is 9.97 Å². The molecule has 2 aromatic rings. The van der Waals surface area contributed by atoms with E-state index >= 15 is 0 Å². The third-order valence-corrected chi connectivity index (χ3v) is 3.98. The summed E-state index contributed by atoms with van der Waals surface area (Å²) >= 11 is 0. The summed E-state index contributed by atoms with van der Waals surface area (Å²) in [5, 5.41) is 8.55. The maximum atomic E-state index is 12.1. The number of nitrogens with one attached hydrogen (secondary N) is 2. The molecular formula is C13H13N3O4S. The molecule has 1 aromatic carbocycles. The second kappa shape index (κ2) is 5.80. The van der Waals surface area contributed by atoms with Gasteiger partial charge in [-0.15, -0.1) is 0 Å². The van der Waals surface area contributed by atoms with Crippen LogP contribution in [0.5, 0.6) is 0 Å². The van der Waals surface area contributed by atoms with Crippen molar-refractivity contribution in [3.8, 4) is 0 Å². The minimum absolute atomic E-state index is 0.0478. The van der Waals surface area contributed by atoms with E-state index in [1.807, 2.05) is 0 Å². The Bertz CT molecular complexity index is 780. The summed E-state index contributed by atoms with van der Waals surface area (Å²) in [7, 11) is -3.75. The van der Waals surface area contributed by atoms with Gasteiger partial charge in [-0.05, 0) is 30.2 Å². The lowest BCUT2D eigenvalue weighted by atomic mass is 10.1. The molecule has 0 atom stereocenters. The fourth-order valence-electron chi connectivity index (χ4n) is 1.61. The van der Waals surface area contributed by atoms with Crippen molar-refractivity contribution in [2.24, 2.45) is 0 Å². The van der Waals surface area contributed by atoms with Gasteiger partial charge in [-0.2, -0.15) is 8.42 Å². The van der Waals surface area contributed by atoms with Crippen LogP contribution in [-0.2, 0) is 14.8 Å². The number of aromatic nitrogens is 2. The van der Waals surface area contributed by atoms with Crippen LogP contribution in [0.3, 0.4) is 0 Å². The molecule has 0 radical (unpaired) electrons. The molecule has 0 spiro atoms. The summed E-state index contributed by atoms with van der Waals surface area (Å²) in [5.74, 6) is -1.07. The lowest BCUT2D eigenvalue weighted by Gasteiger charge is -2.10. The smallest absolute Gasteiger partial charge is 0.328 e. The molecule has 0 fully saturated rings. The first kappa shape index (κ1) is 14.8. The van der Waals surface area contributed by atoms with Gasteiger partial charge >= 0.3 is 5.97 Å². The van der Waals surface area contributed by atoms with Crippen molar-refractivity contribution in [1.29, 1.82) is 0 Å². The predicted molar refractivity (Wildman–Crippen MR) is 77.2 cm³/mol. The number of aromatic amines is 1. The molecular weight excluding hydrogens is 294 g/mol. The van der Waals surface area contributed by atoms with Gasteiger partial charge in [0.05, 0.1) is 18.2 Å². The van der Waals surface area contributed by atoms with Crippen LogP contribution in [0.1, 0.15) is 11.1 Å². The normalized spacial score (nSPS) is 11.7. The topological polar surface area (TPSA) is 112 Å². The zero-order valence-corrected chi connectivity index (χ0v) is 11.9. The lowest BCUT2D eigenvalue weighted by molar-refractivity contribution is -0.131. The Balaban J connectivity index is 2.32. The van der Waals surface area contributed by atoms with Crippen LogP contribution >= 0.6 is 0 Å². The highest BCUT2D eigenvalue weighted by molar-refractivity contribution is 7.92. The molecule has 0 aliphatic rings. The van der Waals surface area contributed by atoms with Gasteiger partial charge in [0.15, 0.2) is 5.03 Å². The van der Waals surface area contributed by atoms with Crippen molar-refractivity contribution in [2.45, 2.75) is 11.9 Å². The first-order chi connectivity index (χ1) is 9.88. The summed E-state index contributed by atoms with van der Waals surface area (Å²) in [5.41, 5.74) is 1.66. The van der Waals surface area contributed by atoms with E-state index in [-0.39, 0.29) is 5.03 Å². The number of nitrogens with zero attached hydrogens (tertiary/aromatic N) is 1. The maximum Gasteiger partial charge on any atom is 0.328 e. The van der Waals surface area contributed by atoms with Gasteiger partial charge in [-0.1, -0.05) is 12.1 Å². The van der Waals surface area contributed by atoms with Gasteiger partial charge < -0.3 is 10.1 Å². The second-order valence-electron chi connectivity index (χ2n) is 4.27. The van der Waals surface area contributed by atoms with E-state index in [0.717, 1.165) is 6.08 Å². The zero-order chi connectivity index (χ0) is 15.5. The average Bonchev–Trinajstić information content (AvgIpc) is 2.94. The molecule has 110 valence electrons. The number of H-pyrrole nitrogens is 1. The zero-order valence-electron chi connectivity index (χ0n) is 11.1. The van der Waals surface area contributed by atoms with Crippen LogP contribution in [0.2, 0.25) is 0 Å². The number of hydrogen-bond acceptors (Lipinski definition) is 4. The Hall–Kier alpha value is -2.61. The summed E-state index contributed by atoms with van der Waals surface area (Å²) < 4.78 is 26.6. The Kier molecular flexibility index (Phi) is 4.08. The number of benzene rings is 1. The second-order valence-corrected chi connectivity index (χ2v) is 5.92. The molecule has 8 heteroatoms. The standard InChI is InChI=1S/C13H13N3O4S/c1-9-2-3-10(4-5-13(17)18)6-11(9)16-21(19,20)12-7-14-8-15-12/h2-8,16H,1H3,(H,14,15)(H,17,18). The first-order valence-corrected chi connectivity index (χ1v) is 7.39. The van der Waals surface area contributed by atoms with E-state index in [4.69, 9.17) is 5.11 Å². The van der Waals surface area contributed by atoms with E-state index in [9.17, 15) is 13.2 Å². The number of carboxylic acids is 1. The van der Waals surface area contributed by atoms with E-state index in [1.165, 1.54) is 18.6 Å². The predicted octanol–water partition coefficient (Wildman–Crippen LogP) is 1.62. The summed E-state index contributed by atoms with van der Waals surface area (Å²) in [6.07, 6.45) is 4.84. The van der Waals surface area contributed by atoms with Crippen LogP contribution in [-0.4, -0.2) is 29.5 Å². The molecule has 0 saturated heterocycles. The van der Waals surface area contributed by atoms with Gasteiger partial charge in [0.2, 0.25) is 0 Å². The quantitative estimate of drug-likeness (QED) is 0.727. The highest BCUT2D eigenvalue weighted by Gasteiger charge is 2.16. The van der Waals surface area contributed by atoms with E-state index in [1.54, 1.807) is 25.1 Å². The molecule has 0 aliphatic heterocycles. The highest BCUT2D eigenvalue weighted by Crippen LogP contribution is 2.21. The minimum Gasteiger partial charge on any atom is -0.478 e. The molecule has 0 saturated carbocycles. The van der Waals surface area contributed by atoms with Gasteiger partial charge in [-0.25, -0.2) is 9.78 Å². The van der Waals surface area contributed by atoms with Crippen LogP contribution in [0, 0.1) is 6.92 Å². The van der Waals surface area contributed by atoms with Crippen LogP contribution in [0.4, 0.5) is 5.69 Å². The Morgan fingerprint density at radius 2 is 2.19 bits per heavy atom. The van der Waals surface area contributed by atoms with E-state index in [2.05, 4.69) is 14.7 Å². The summed E-state index contributed by atoms with van der Waals surface area (Å²) in [4.78, 5) is 16.7. The molecule has 0 unspecified atom stereocenters. The number of imidazole rings is 1. The van der Waals surface area contributed by atoms with Gasteiger partial charge in [0.25, 0.3) is 10.0 Å². The van der Waals surface area contributed by atoms with Crippen LogP contribution in [0.25, 0.3) is 6.08 Å². The summed E-state index contributed by atoms with van der Waals surface area (Å²) in [6, 6.07) is 4.96. The molecule has 1 heterocycles. The number of rotatable bonds is 5. The molecule has 21 heavy (non-hydrogen) atoms. The third kappa shape index (κ3) is 3.69. The molecule has 1 aromatic heterocycles. The third-order valence-electron chi connectivity index (χ3n) is 2.69. The number of carbonyl (C=O) groups is 1. The Morgan fingerprint density at radius 1 is 1.43 bits per heavy atom. The molecule has 3 N–H and O–H groups in total. The van der Waals surface area contributed by atoms with Crippen LogP contribution in [0.15, 0.2) is 41.8 Å². The molecule has 7 nitrogen and oxygen atoms in total. The van der Waals surface area contributed by atoms with Crippen molar-refractivity contribution in [3.63, 3.8) is 0 Å². The number of aliphatic carboxylic acids is 1. The first-order valence-electron chi connectivity index (χ1n) is 5.91. The average molecular weight is 307 g/mol. The molecule has 0 amide bonds. The Morgan fingerprint density at radius 3 is 2.81 bits per heavy atom. The lowest BCUT2D eigenvalue weighted by Crippen LogP contribution is -2.14. The molecule has 2 rings (SSSR count). The monoisotopic (exact) mass is 307 g/mol. The van der Waals surface area contributed by atoms with E-state index < -0.39 is 16.0 Å². The fourth-order valence-corrected chi connectivity index (χ4v) is 2.64. The summed E-state index contributed by atoms with van der Waals surface area (Å²) in [6.45, 7) is 1.75. The van der Waals surface area contributed by atoms with Gasteiger partial charge in [0.1, 0.15) is 0 Å². The van der Waals surface area contributed by atoms with Crippen molar-refractivity contribution < 1.29 is 18.3 Å². The van der Waals surface area contributed by atoms with Gasteiger partial charge in [-0.3, -0.25) is 4.72 Å². The largest absolute Gasteiger partial charge is 0.478 e. The number of sulfonamides is 1. The van der Waals surface area contributed by atoms with Crippen molar-refractivity contribution in [2.75, 3.05) is 4.72 Å². The molecule has 0 bridgehead atoms. The number of anilines is 1. The highest BCUT2D eigenvalue weighted by atomic mass is 32.2. The van der Waals surface area contributed by atoms with Gasteiger partial charge in [0, 0.05) is 6.08 Å². The maximum absolute atomic E-state index is 12.1.